The minimum Gasteiger partial charge on any atom is -0.286 e. The van der Waals surface area contributed by atoms with Crippen molar-refractivity contribution in [1.29, 1.82) is 0 Å². The van der Waals surface area contributed by atoms with Gasteiger partial charge in [-0.15, -0.1) is 0 Å². The van der Waals surface area contributed by atoms with Gasteiger partial charge < -0.3 is 0 Å². The van der Waals surface area contributed by atoms with Crippen LogP contribution >= 0.6 is 0 Å². The van der Waals surface area contributed by atoms with E-state index in [9.17, 15) is 0 Å². The van der Waals surface area contributed by atoms with Gasteiger partial charge in [0.2, 0.25) is 0 Å². The molecule has 13 heavy (non-hydrogen) atoms. The third kappa shape index (κ3) is 1.80. The summed E-state index contributed by atoms with van der Waals surface area (Å²) in [5, 5.41) is 0. The molecule has 0 N–H and O–H groups in total. The Balaban J connectivity index is 2.19. The molecule has 1 atom stereocenters. The topological polar surface area (TPSA) is 12.4 Å². The van der Waals surface area contributed by atoms with Gasteiger partial charge in [-0.3, -0.25) is 4.99 Å². The fourth-order valence-electron chi connectivity index (χ4n) is 1.80. The maximum atomic E-state index is 4.69. The van der Waals surface area contributed by atoms with Gasteiger partial charge in [0.05, 0.1) is 6.04 Å². The highest BCUT2D eigenvalue weighted by atomic mass is 14.8. The average Bonchev–Trinajstić information content (AvgIpc) is 2.67. The van der Waals surface area contributed by atoms with Crippen molar-refractivity contribution < 1.29 is 0 Å². The van der Waals surface area contributed by atoms with Gasteiger partial charge in [-0.25, -0.2) is 0 Å². The Bertz CT molecular complexity index is 300. The van der Waals surface area contributed by atoms with Crippen LogP contribution in [0.3, 0.4) is 0 Å². The molecule has 0 saturated heterocycles. The Morgan fingerprint density at radius 1 is 1.31 bits per heavy atom. The molecular formula is C12H15N. The Morgan fingerprint density at radius 2 is 2.08 bits per heavy atom. The van der Waals surface area contributed by atoms with Crippen molar-refractivity contribution in [3.8, 4) is 0 Å². The summed E-state index contributed by atoms with van der Waals surface area (Å²) in [6, 6.07) is 11.1. The Hall–Kier alpha value is -1.11. The molecule has 1 heterocycles. The van der Waals surface area contributed by atoms with E-state index in [0.717, 1.165) is 6.42 Å². The Kier molecular flexibility index (Phi) is 2.44. The molecule has 1 aliphatic rings. The van der Waals surface area contributed by atoms with Crippen LogP contribution in [0.2, 0.25) is 0 Å². The van der Waals surface area contributed by atoms with Crippen LogP contribution in [0.1, 0.15) is 31.7 Å². The normalized spacial score (nSPS) is 21.6. The second-order valence-corrected chi connectivity index (χ2v) is 3.54. The van der Waals surface area contributed by atoms with Crippen molar-refractivity contribution in [2.24, 2.45) is 4.99 Å². The molecule has 0 spiro atoms. The monoisotopic (exact) mass is 173 g/mol. The van der Waals surface area contributed by atoms with E-state index >= 15 is 0 Å². The summed E-state index contributed by atoms with van der Waals surface area (Å²) in [6.07, 6.45) is 3.57. The summed E-state index contributed by atoms with van der Waals surface area (Å²) < 4.78 is 0. The average molecular weight is 173 g/mol. The fourth-order valence-corrected chi connectivity index (χ4v) is 1.80. The smallest absolute Gasteiger partial charge is 0.0504 e. The number of nitrogens with zero attached hydrogens (tertiary/aromatic N) is 1. The fraction of sp³-hybridized carbons (Fsp3) is 0.417. The number of benzene rings is 1. The first kappa shape index (κ1) is 8.49. The van der Waals surface area contributed by atoms with E-state index in [2.05, 4.69) is 37.3 Å². The quantitative estimate of drug-likeness (QED) is 0.651. The van der Waals surface area contributed by atoms with E-state index in [1.807, 2.05) is 0 Å². The number of hydrogen-bond donors (Lipinski definition) is 0. The standard InChI is InChI=1S/C12H15N/c1-2-11-8-9-12(13-11)10-6-4-3-5-7-10/h3-7,11H,2,8-9H2,1H3. The van der Waals surface area contributed by atoms with Crippen LogP contribution in [-0.2, 0) is 0 Å². The van der Waals surface area contributed by atoms with E-state index in [4.69, 9.17) is 4.99 Å². The van der Waals surface area contributed by atoms with Gasteiger partial charge in [0, 0.05) is 5.71 Å². The van der Waals surface area contributed by atoms with E-state index in [0.29, 0.717) is 6.04 Å². The summed E-state index contributed by atoms with van der Waals surface area (Å²) in [6.45, 7) is 2.21. The van der Waals surface area contributed by atoms with E-state index < -0.39 is 0 Å². The summed E-state index contributed by atoms with van der Waals surface area (Å²) in [4.78, 5) is 4.69. The predicted octanol–water partition coefficient (Wildman–Crippen LogP) is 3.05. The summed E-state index contributed by atoms with van der Waals surface area (Å²) in [5.74, 6) is 0. The molecule has 0 fully saturated rings. The van der Waals surface area contributed by atoms with Crippen molar-refractivity contribution in [1.82, 2.24) is 0 Å². The molecule has 1 heteroatoms. The SMILES string of the molecule is CCC1CCC(c2ccccc2)=N1. The van der Waals surface area contributed by atoms with Gasteiger partial charge in [-0.1, -0.05) is 37.3 Å². The first-order valence-electron chi connectivity index (χ1n) is 5.02. The highest BCUT2D eigenvalue weighted by Crippen LogP contribution is 2.20. The first-order chi connectivity index (χ1) is 6.40. The molecular weight excluding hydrogens is 158 g/mol. The Morgan fingerprint density at radius 3 is 2.69 bits per heavy atom. The molecule has 1 aliphatic heterocycles. The largest absolute Gasteiger partial charge is 0.286 e. The van der Waals surface area contributed by atoms with Crippen molar-refractivity contribution in [3.05, 3.63) is 35.9 Å². The van der Waals surface area contributed by atoms with Gasteiger partial charge in [-0.05, 0) is 24.8 Å². The lowest BCUT2D eigenvalue weighted by molar-refractivity contribution is 0.649. The summed E-state index contributed by atoms with van der Waals surface area (Å²) in [5.41, 5.74) is 2.60. The first-order valence-corrected chi connectivity index (χ1v) is 5.02. The molecule has 2 rings (SSSR count). The van der Waals surface area contributed by atoms with Gasteiger partial charge >= 0.3 is 0 Å². The highest BCUT2D eigenvalue weighted by Gasteiger charge is 2.16. The zero-order chi connectivity index (χ0) is 9.10. The van der Waals surface area contributed by atoms with E-state index in [1.54, 1.807) is 0 Å². The van der Waals surface area contributed by atoms with Gasteiger partial charge in [0.25, 0.3) is 0 Å². The van der Waals surface area contributed by atoms with Crippen molar-refractivity contribution >= 4 is 5.71 Å². The molecule has 68 valence electrons. The third-order valence-electron chi connectivity index (χ3n) is 2.63. The molecule has 0 saturated carbocycles. The lowest BCUT2D eigenvalue weighted by Gasteiger charge is -1.98. The van der Waals surface area contributed by atoms with Crippen LogP contribution in [0.4, 0.5) is 0 Å². The molecule has 1 aromatic rings. The van der Waals surface area contributed by atoms with Crippen LogP contribution in [0, 0.1) is 0 Å². The second kappa shape index (κ2) is 3.73. The highest BCUT2D eigenvalue weighted by molar-refractivity contribution is 6.01. The van der Waals surface area contributed by atoms with Crippen molar-refractivity contribution in [3.63, 3.8) is 0 Å². The predicted molar refractivity (Wildman–Crippen MR) is 56.3 cm³/mol. The van der Waals surface area contributed by atoms with Crippen molar-refractivity contribution in [2.75, 3.05) is 0 Å². The van der Waals surface area contributed by atoms with Crippen LogP contribution in [0.15, 0.2) is 35.3 Å². The van der Waals surface area contributed by atoms with Crippen LogP contribution < -0.4 is 0 Å². The molecule has 0 aliphatic carbocycles. The van der Waals surface area contributed by atoms with Crippen LogP contribution in [-0.4, -0.2) is 11.8 Å². The molecule has 0 amide bonds. The maximum absolute atomic E-state index is 4.69. The van der Waals surface area contributed by atoms with Crippen LogP contribution in [0.25, 0.3) is 0 Å². The molecule has 1 nitrogen and oxygen atoms in total. The molecule has 0 radical (unpaired) electrons. The van der Waals surface area contributed by atoms with Crippen LogP contribution in [0.5, 0.6) is 0 Å². The number of aliphatic imine (C=N–C) groups is 1. The zero-order valence-electron chi connectivity index (χ0n) is 8.03. The van der Waals surface area contributed by atoms with Crippen molar-refractivity contribution in [2.45, 2.75) is 32.2 Å². The number of rotatable bonds is 2. The lowest BCUT2D eigenvalue weighted by Crippen LogP contribution is -1.95. The molecule has 1 unspecified atom stereocenters. The third-order valence-corrected chi connectivity index (χ3v) is 2.63. The lowest BCUT2D eigenvalue weighted by atomic mass is 10.1. The van der Waals surface area contributed by atoms with Gasteiger partial charge in [0.1, 0.15) is 0 Å². The molecule has 0 aromatic heterocycles. The molecule has 1 aromatic carbocycles. The van der Waals surface area contributed by atoms with Gasteiger partial charge in [0.15, 0.2) is 0 Å². The zero-order valence-corrected chi connectivity index (χ0v) is 8.03. The summed E-state index contributed by atoms with van der Waals surface area (Å²) in [7, 11) is 0. The van der Waals surface area contributed by atoms with E-state index in [1.165, 1.54) is 24.1 Å². The summed E-state index contributed by atoms with van der Waals surface area (Å²) >= 11 is 0. The molecule has 0 bridgehead atoms. The number of hydrogen-bond acceptors (Lipinski definition) is 1. The van der Waals surface area contributed by atoms with E-state index in [-0.39, 0.29) is 0 Å². The minimum atomic E-state index is 0.579. The second-order valence-electron chi connectivity index (χ2n) is 3.54. The maximum Gasteiger partial charge on any atom is 0.0504 e. The Labute approximate surface area is 79.5 Å². The minimum absolute atomic E-state index is 0.579. The van der Waals surface area contributed by atoms with Gasteiger partial charge in [-0.2, -0.15) is 0 Å².